The quantitative estimate of drug-likeness (QED) is 0.241. The van der Waals surface area contributed by atoms with Crippen molar-refractivity contribution in [1.29, 1.82) is 0 Å². The van der Waals surface area contributed by atoms with Crippen LogP contribution < -0.4 is 0 Å². The molecule has 1 heteroatoms. The molecule has 0 amide bonds. The molecule has 0 saturated heterocycles. The summed E-state index contributed by atoms with van der Waals surface area (Å²) in [6, 6.07) is 47.7. The smallest absolute Gasteiger partial charge is 0.0792 e. The van der Waals surface area contributed by atoms with E-state index >= 15 is 0 Å². The van der Waals surface area contributed by atoms with Gasteiger partial charge in [-0.15, -0.1) is 0 Å². The lowest BCUT2D eigenvalue weighted by molar-refractivity contribution is 1.42. The van der Waals surface area contributed by atoms with E-state index in [1.54, 1.807) is 0 Å². The first-order chi connectivity index (χ1) is 17.9. The van der Waals surface area contributed by atoms with Gasteiger partial charge in [0, 0.05) is 17.1 Å². The maximum absolute atomic E-state index is 4.91. The third-order valence-electron chi connectivity index (χ3n) is 7.08. The van der Waals surface area contributed by atoms with Gasteiger partial charge in [-0.3, -0.25) is 4.98 Å². The van der Waals surface area contributed by atoms with Crippen LogP contribution in [0.1, 0.15) is 0 Å². The van der Waals surface area contributed by atoms with Gasteiger partial charge in [0.15, 0.2) is 0 Å². The molecule has 6 aromatic carbocycles. The van der Waals surface area contributed by atoms with Crippen molar-refractivity contribution in [1.82, 2.24) is 4.98 Å². The Kier molecular flexibility index (Phi) is 4.85. The molecule has 7 rings (SSSR count). The molecule has 0 bridgehead atoms. The molecule has 0 aliphatic rings. The van der Waals surface area contributed by atoms with E-state index in [4.69, 9.17) is 4.98 Å². The molecule has 0 radical (unpaired) electrons. The molecule has 0 aliphatic heterocycles. The highest BCUT2D eigenvalue weighted by Crippen LogP contribution is 2.43. The molecule has 0 atom stereocenters. The van der Waals surface area contributed by atoms with Crippen molar-refractivity contribution in [2.24, 2.45) is 0 Å². The Balaban J connectivity index is 1.51. The molecular formula is C35H23N. The molecule has 0 N–H and O–H groups in total. The molecular weight excluding hydrogens is 434 g/mol. The second kappa shape index (κ2) is 8.48. The van der Waals surface area contributed by atoms with E-state index in [-0.39, 0.29) is 0 Å². The van der Waals surface area contributed by atoms with Crippen LogP contribution in [0.25, 0.3) is 65.8 Å². The lowest BCUT2D eigenvalue weighted by Gasteiger charge is -2.17. The zero-order valence-electron chi connectivity index (χ0n) is 19.7. The van der Waals surface area contributed by atoms with Crippen molar-refractivity contribution in [3.05, 3.63) is 140 Å². The average Bonchev–Trinajstić information content (AvgIpc) is 2.96. The van der Waals surface area contributed by atoms with Gasteiger partial charge in [0.2, 0.25) is 0 Å². The molecule has 0 aliphatic carbocycles. The van der Waals surface area contributed by atoms with E-state index in [0.717, 1.165) is 5.52 Å². The van der Waals surface area contributed by atoms with Crippen molar-refractivity contribution in [3.63, 3.8) is 0 Å². The maximum Gasteiger partial charge on any atom is 0.0792 e. The summed E-state index contributed by atoms with van der Waals surface area (Å²) in [5, 5.41) is 6.16. The minimum atomic E-state index is 1.04. The fourth-order valence-corrected chi connectivity index (χ4v) is 5.43. The summed E-state index contributed by atoms with van der Waals surface area (Å²) in [4.78, 5) is 4.91. The molecule has 0 spiro atoms. The second-order valence-corrected chi connectivity index (χ2v) is 9.20. The van der Waals surface area contributed by atoms with E-state index < -0.39 is 0 Å². The fraction of sp³-hybridized carbons (Fsp3) is 0. The predicted octanol–water partition coefficient (Wildman–Crippen LogP) is 9.54. The summed E-state index contributed by atoms with van der Waals surface area (Å²) < 4.78 is 0. The van der Waals surface area contributed by atoms with Crippen molar-refractivity contribution in [2.75, 3.05) is 0 Å². The lowest BCUT2D eigenvalue weighted by atomic mass is 9.87. The summed E-state index contributed by atoms with van der Waals surface area (Å²) >= 11 is 0. The van der Waals surface area contributed by atoms with Crippen LogP contribution in [0.2, 0.25) is 0 Å². The maximum atomic E-state index is 4.91. The highest BCUT2D eigenvalue weighted by atomic mass is 14.7. The van der Waals surface area contributed by atoms with Crippen LogP contribution in [0.4, 0.5) is 0 Å². The van der Waals surface area contributed by atoms with Crippen molar-refractivity contribution in [2.45, 2.75) is 0 Å². The molecule has 36 heavy (non-hydrogen) atoms. The van der Waals surface area contributed by atoms with E-state index in [1.807, 2.05) is 12.3 Å². The van der Waals surface area contributed by atoms with E-state index in [2.05, 4.69) is 127 Å². The normalized spacial score (nSPS) is 11.3. The van der Waals surface area contributed by atoms with Crippen LogP contribution in [0.3, 0.4) is 0 Å². The van der Waals surface area contributed by atoms with Crippen molar-refractivity contribution in [3.8, 4) is 33.4 Å². The largest absolute Gasteiger partial charge is 0.256 e. The van der Waals surface area contributed by atoms with Crippen LogP contribution in [0.15, 0.2) is 140 Å². The second-order valence-electron chi connectivity index (χ2n) is 9.20. The van der Waals surface area contributed by atoms with Gasteiger partial charge in [-0.05, 0) is 67.6 Å². The van der Waals surface area contributed by atoms with E-state index in [9.17, 15) is 0 Å². The first kappa shape index (κ1) is 20.6. The van der Waals surface area contributed by atoms with E-state index in [0.29, 0.717) is 0 Å². The summed E-state index contributed by atoms with van der Waals surface area (Å²) in [5.74, 6) is 0. The van der Waals surface area contributed by atoms with Crippen LogP contribution in [-0.2, 0) is 0 Å². The molecule has 168 valence electrons. The molecule has 0 fully saturated rings. The van der Waals surface area contributed by atoms with Crippen LogP contribution in [-0.4, -0.2) is 4.98 Å². The molecule has 1 aromatic heterocycles. The average molecular weight is 458 g/mol. The zero-order chi connectivity index (χ0) is 23.9. The number of hydrogen-bond donors (Lipinski definition) is 0. The minimum Gasteiger partial charge on any atom is -0.256 e. The Morgan fingerprint density at radius 2 is 1.00 bits per heavy atom. The number of rotatable bonds is 3. The highest BCUT2D eigenvalue weighted by Gasteiger charge is 2.17. The Bertz CT molecular complexity index is 1830. The van der Waals surface area contributed by atoms with Crippen molar-refractivity contribution < 1.29 is 0 Å². The molecule has 0 unspecified atom stereocenters. The van der Waals surface area contributed by atoms with Gasteiger partial charge in [-0.1, -0.05) is 115 Å². The SMILES string of the molecule is c1ccc(-c2c3ccccc3c(-c3cccc(-c4ccc5ccccc5c4)c3)c3cccnc23)cc1. The summed E-state index contributed by atoms with van der Waals surface area (Å²) in [6.07, 6.45) is 1.90. The first-order valence-electron chi connectivity index (χ1n) is 12.3. The minimum absolute atomic E-state index is 1.04. The Hall–Kier alpha value is -4.75. The van der Waals surface area contributed by atoms with E-state index in [1.165, 1.54) is 60.3 Å². The van der Waals surface area contributed by atoms with Gasteiger partial charge < -0.3 is 0 Å². The standard InChI is InChI=1S/C35H23N/c1-2-11-25(12-3-1)34-31-17-7-6-16-30(31)33(32-18-9-21-36-35(32)34)29-15-8-14-27(23-29)28-20-19-24-10-4-5-13-26(24)22-28/h1-23H. The van der Waals surface area contributed by atoms with Gasteiger partial charge >= 0.3 is 0 Å². The topological polar surface area (TPSA) is 12.9 Å². The Labute approximate surface area is 210 Å². The Morgan fingerprint density at radius 3 is 1.86 bits per heavy atom. The summed E-state index contributed by atoms with van der Waals surface area (Å²) in [5.41, 5.74) is 8.29. The first-order valence-corrected chi connectivity index (χ1v) is 12.3. The molecule has 1 heterocycles. The van der Waals surface area contributed by atoms with Gasteiger partial charge in [0.05, 0.1) is 5.52 Å². The number of nitrogens with zero attached hydrogens (tertiary/aromatic N) is 1. The third-order valence-corrected chi connectivity index (χ3v) is 7.08. The number of pyridine rings is 1. The van der Waals surface area contributed by atoms with Gasteiger partial charge in [-0.2, -0.15) is 0 Å². The monoisotopic (exact) mass is 457 g/mol. The number of aromatic nitrogens is 1. The van der Waals surface area contributed by atoms with Crippen LogP contribution in [0, 0.1) is 0 Å². The Morgan fingerprint density at radius 1 is 0.361 bits per heavy atom. The third kappa shape index (κ3) is 3.37. The summed E-state index contributed by atoms with van der Waals surface area (Å²) in [6.45, 7) is 0. The summed E-state index contributed by atoms with van der Waals surface area (Å²) in [7, 11) is 0. The van der Waals surface area contributed by atoms with Crippen LogP contribution >= 0.6 is 0 Å². The molecule has 0 saturated carbocycles. The highest BCUT2D eigenvalue weighted by molar-refractivity contribution is 6.20. The van der Waals surface area contributed by atoms with Gasteiger partial charge in [0.1, 0.15) is 0 Å². The fourth-order valence-electron chi connectivity index (χ4n) is 5.43. The molecule has 1 nitrogen and oxygen atoms in total. The number of fused-ring (bicyclic) bond motifs is 3. The number of benzene rings is 6. The van der Waals surface area contributed by atoms with Crippen LogP contribution in [0.5, 0.6) is 0 Å². The number of hydrogen-bond acceptors (Lipinski definition) is 1. The van der Waals surface area contributed by atoms with Gasteiger partial charge in [0.25, 0.3) is 0 Å². The zero-order valence-corrected chi connectivity index (χ0v) is 19.7. The lowest BCUT2D eigenvalue weighted by Crippen LogP contribution is -1.92. The predicted molar refractivity (Wildman–Crippen MR) is 153 cm³/mol. The van der Waals surface area contributed by atoms with Gasteiger partial charge in [-0.25, -0.2) is 0 Å². The van der Waals surface area contributed by atoms with Crippen molar-refractivity contribution >= 4 is 32.4 Å². The molecule has 7 aromatic rings.